The monoisotopic (exact) mass is 615 g/mol. The molecular weight excluding hydrogens is 569 g/mol. The highest BCUT2D eigenvalue weighted by Crippen LogP contribution is 2.46. The molecular formula is C32H46FN5O4S. The number of hydrogen-bond acceptors (Lipinski definition) is 8. The van der Waals surface area contributed by atoms with Crippen LogP contribution in [0.25, 0.3) is 0 Å². The van der Waals surface area contributed by atoms with E-state index in [4.69, 9.17) is 4.74 Å². The molecule has 0 bridgehead atoms. The van der Waals surface area contributed by atoms with Gasteiger partial charge in [0.25, 0.3) is 0 Å². The summed E-state index contributed by atoms with van der Waals surface area (Å²) in [6.07, 6.45) is 11.1. The first-order valence-corrected chi connectivity index (χ1v) is 17.7. The molecule has 1 spiro atoms. The van der Waals surface area contributed by atoms with Gasteiger partial charge >= 0.3 is 0 Å². The zero-order chi connectivity index (χ0) is 30.8. The zero-order valence-electron chi connectivity index (χ0n) is 26.0. The van der Waals surface area contributed by atoms with E-state index < -0.39 is 15.7 Å². The van der Waals surface area contributed by atoms with Gasteiger partial charge in [-0.05, 0) is 82.5 Å². The number of carbonyl (C=O) groups is 1. The van der Waals surface area contributed by atoms with E-state index in [1.54, 1.807) is 17.2 Å². The molecule has 1 aromatic heterocycles. The summed E-state index contributed by atoms with van der Waals surface area (Å²) >= 11 is 0. The Morgan fingerprint density at radius 2 is 1.79 bits per heavy atom. The molecule has 2 aliphatic heterocycles. The third kappa shape index (κ3) is 7.66. The van der Waals surface area contributed by atoms with Gasteiger partial charge in [-0.15, -0.1) is 0 Å². The van der Waals surface area contributed by atoms with E-state index >= 15 is 0 Å². The van der Waals surface area contributed by atoms with Gasteiger partial charge in [0, 0.05) is 49.8 Å². The number of nitrogens with zero attached hydrogens (tertiary/aromatic N) is 5. The largest absolute Gasteiger partial charge is 0.450 e. The van der Waals surface area contributed by atoms with Crippen molar-refractivity contribution >= 4 is 27.2 Å². The van der Waals surface area contributed by atoms with Gasteiger partial charge in [0.1, 0.15) is 22.0 Å². The van der Waals surface area contributed by atoms with Crippen molar-refractivity contribution in [3.8, 4) is 11.5 Å². The van der Waals surface area contributed by atoms with Crippen molar-refractivity contribution in [2.24, 2.45) is 23.2 Å². The number of aromatic nitrogens is 2. The van der Waals surface area contributed by atoms with Gasteiger partial charge in [-0.2, -0.15) is 0 Å². The Balaban J connectivity index is 1.17. The van der Waals surface area contributed by atoms with Crippen LogP contribution in [-0.4, -0.2) is 80.5 Å². The number of carbonyl (C=O) groups excluding carboxylic acids is 1. The van der Waals surface area contributed by atoms with Gasteiger partial charge in [0.2, 0.25) is 5.91 Å². The average Bonchev–Trinajstić information content (AvgIpc) is 2.94. The Kier molecular flexibility index (Phi) is 9.61. The van der Waals surface area contributed by atoms with Crippen molar-refractivity contribution in [2.75, 3.05) is 61.1 Å². The second kappa shape index (κ2) is 13.1. The zero-order valence-corrected chi connectivity index (χ0v) is 26.8. The van der Waals surface area contributed by atoms with Gasteiger partial charge in [0.05, 0.1) is 17.6 Å². The molecule has 1 saturated carbocycles. The van der Waals surface area contributed by atoms with Crippen LogP contribution in [0.2, 0.25) is 0 Å². The van der Waals surface area contributed by atoms with Crippen molar-refractivity contribution in [1.82, 2.24) is 14.9 Å². The standard InChI is InChI=1S/C32H46FN5O4S/c1-5-38(31(39)23(2)3)27-16-26(33)10-11-28(27)42-29-17-34-22-35-30(29)37-20-32(21-37)12-14-36(15-13-32)18-24-6-8-25(9-7-24)19-43(4,40)41/h10-11,16-17,22-25H,5-9,12-15,18-21H2,1-4H3. The summed E-state index contributed by atoms with van der Waals surface area (Å²) < 4.78 is 43.9. The average molecular weight is 616 g/mol. The molecule has 2 saturated heterocycles. The van der Waals surface area contributed by atoms with Crippen LogP contribution in [0.15, 0.2) is 30.7 Å². The topological polar surface area (TPSA) is 95.9 Å². The van der Waals surface area contributed by atoms with Crippen molar-refractivity contribution in [2.45, 2.75) is 59.3 Å². The van der Waals surface area contributed by atoms with Gasteiger partial charge in [-0.25, -0.2) is 22.8 Å². The molecule has 11 heteroatoms. The predicted octanol–water partition coefficient (Wildman–Crippen LogP) is 5.17. The molecule has 236 valence electrons. The number of amides is 1. The van der Waals surface area contributed by atoms with E-state index in [1.807, 2.05) is 20.8 Å². The molecule has 0 unspecified atom stereocenters. The maximum absolute atomic E-state index is 14.3. The van der Waals surface area contributed by atoms with Crippen LogP contribution >= 0.6 is 0 Å². The second-order valence-corrected chi connectivity index (χ2v) is 15.5. The molecule has 9 nitrogen and oxygen atoms in total. The molecule has 0 N–H and O–H groups in total. The van der Waals surface area contributed by atoms with Crippen molar-refractivity contribution in [3.05, 3.63) is 36.5 Å². The Labute approximate surface area is 255 Å². The number of benzene rings is 1. The van der Waals surface area contributed by atoms with Crippen molar-refractivity contribution in [3.63, 3.8) is 0 Å². The Hall–Kier alpha value is -2.79. The van der Waals surface area contributed by atoms with Crippen LogP contribution in [0.3, 0.4) is 0 Å². The van der Waals surface area contributed by atoms with Crippen LogP contribution in [0, 0.1) is 29.0 Å². The lowest BCUT2D eigenvalue weighted by atomic mass is 9.71. The molecule has 0 atom stereocenters. The third-order valence-electron chi connectivity index (χ3n) is 9.46. The highest BCUT2D eigenvalue weighted by atomic mass is 32.2. The molecule has 43 heavy (non-hydrogen) atoms. The number of sulfone groups is 1. The summed E-state index contributed by atoms with van der Waals surface area (Å²) in [5, 5.41) is 0. The highest BCUT2D eigenvalue weighted by molar-refractivity contribution is 7.90. The number of likely N-dealkylation sites (tertiary alicyclic amines) is 1. The van der Waals surface area contributed by atoms with Crippen LogP contribution in [-0.2, 0) is 14.6 Å². The minimum absolute atomic E-state index is 0.0989. The Bertz CT molecular complexity index is 1380. The highest BCUT2D eigenvalue weighted by Gasteiger charge is 2.46. The summed E-state index contributed by atoms with van der Waals surface area (Å²) in [6.45, 7) is 11.0. The normalized spacial score (nSPS) is 22.4. The summed E-state index contributed by atoms with van der Waals surface area (Å²) in [5.41, 5.74) is 0.655. The molecule has 3 heterocycles. The van der Waals surface area contributed by atoms with E-state index in [0.717, 1.165) is 71.2 Å². The number of ether oxygens (including phenoxy) is 1. The lowest BCUT2D eigenvalue weighted by molar-refractivity contribution is -0.121. The summed E-state index contributed by atoms with van der Waals surface area (Å²) in [6, 6.07) is 4.24. The number of rotatable bonds is 10. The first-order chi connectivity index (χ1) is 20.4. The molecule has 3 fully saturated rings. The lowest BCUT2D eigenvalue weighted by Gasteiger charge is -2.54. The molecule has 2 aromatic rings. The van der Waals surface area contributed by atoms with Gasteiger partial charge in [0.15, 0.2) is 17.3 Å². The summed E-state index contributed by atoms with van der Waals surface area (Å²) in [7, 11) is -2.89. The molecule has 3 aliphatic rings. The minimum Gasteiger partial charge on any atom is -0.450 e. The van der Waals surface area contributed by atoms with Crippen molar-refractivity contribution < 1.29 is 22.3 Å². The van der Waals surface area contributed by atoms with Crippen LogP contribution in [0.1, 0.15) is 59.3 Å². The first kappa shape index (κ1) is 31.6. The maximum Gasteiger partial charge on any atom is 0.229 e. The fraction of sp³-hybridized carbons (Fsp3) is 0.656. The van der Waals surface area contributed by atoms with Crippen LogP contribution in [0.5, 0.6) is 11.5 Å². The first-order valence-electron chi connectivity index (χ1n) is 15.7. The molecule has 1 aromatic carbocycles. The molecule has 5 rings (SSSR count). The van der Waals surface area contributed by atoms with Crippen molar-refractivity contribution in [1.29, 1.82) is 0 Å². The molecule has 0 radical (unpaired) electrons. The minimum atomic E-state index is -2.89. The van der Waals surface area contributed by atoms with Gasteiger partial charge in [-0.3, -0.25) is 4.79 Å². The number of halogens is 1. The Morgan fingerprint density at radius 3 is 2.42 bits per heavy atom. The SMILES string of the molecule is CCN(C(=O)C(C)C)c1cc(F)ccc1Oc1cncnc1N1CC2(CCN(CC3CCC(CS(C)(=O)=O)CC3)CC2)C1. The third-order valence-corrected chi connectivity index (χ3v) is 10.5. The predicted molar refractivity (Wildman–Crippen MR) is 167 cm³/mol. The van der Waals surface area contributed by atoms with E-state index in [9.17, 15) is 17.6 Å². The summed E-state index contributed by atoms with van der Waals surface area (Å²) in [5.74, 6) is 2.15. The van der Waals surface area contributed by atoms with Crippen LogP contribution in [0.4, 0.5) is 15.9 Å². The van der Waals surface area contributed by atoms with E-state index in [-0.39, 0.29) is 17.2 Å². The fourth-order valence-corrected chi connectivity index (χ4v) is 8.29. The fourth-order valence-electron chi connectivity index (χ4n) is 7.10. The van der Waals surface area contributed by atoms with Crippen LogP contribution < -0.4 is 14.5 Å². The number of piperidine rings is 1. The second-order valence-electron chi connectivity index (χ2n) is 13.3. The smallest absolute Gasteiger partial charge is 0.229 e. The van der Waals surface area contributed by atoms with E-state index in [1.165, 1.54) is 24.7 Å². The van der Waals surface area contributed by atoms with E-state index in [2.05, 4.69) is 19.8 Å². The summed E-state index contributed by atoms with van der Waals surface area (Å²) in [4.78, 5) is 28.0. The quantitative estimate of drug-likeness (QED) is 0.361. The van der Waals surface area contributed by atoms with Gasteiger partial charge < -0.3 is 19.4 Å². The lowest BCUT2D eigenvalue weighted by Crippen LogP contribution is -2.61. The van der Waals surface area contributed by atoms with Gasteiger partial charge in [-0.1, -0.05) is 13.8 Å². The number of anilines is 2. The Morgan fingerprint density at radius 1 is 1.12 bits per heavy atom. The molecule has 1 amide bonds. The number of hydrogen-bond donors (Lipinski definition) is 0. The van der Waals surface area contributed by atoms with E-state index in [0.29, 0.717) is 47.1 Å². The maximum atomic E-state index is 14.3. The molecule has 1 aliphatic carbocycles.